The number of hydrogen-bond donors (Lipinski definition) is 1. The Labute approximate surface area is 94.7 Å². The van der Waals surface area contributed by atoms with Crippen LogP contribution < -0.4 is 5.73 Å². The number of rotatable bonds is 4. The number of nitrogens with two attached hydrogens (primary N) is 1. The lowest BCUT2D eigenvalue weighted by Gasteiger charge is -1.98. The van der Waals surface area contributed by atoms with Gasteiger partial charge in [-0.05, 0) is 17.9 Å². The number of thiazole rings is 1. The van der Waals surface area contributed by atoms with Crippen molar-refractivity contribution in [3.05, 3.63) is 16.1 Å². The van der Waals surface area contributed by atoms with Crippen molar-refractivity contribution in [2.45, 2.75) is 26.4 Å². The van der Waals surface area contributed by atoms with Gasteiger partial charge in [-0.15, -0.1) is 11.3 Å². The van der Waals surface area contributed by atoms with Crippen molar-refractivity contribution in [3.8, 4) is 0 Å². The van der Waals surface area contributed by atoms with Crippen molar-refractivity contribution in [1.29, 1.82) is 0 Å². The van der Waals surface area contributed by atoms with E-state index in [1.807, 2.05) is 0 Å². The van der Waals surface area contributed by atoms with Gasteiger partial charge in [-0.2, -0.15) is 0 Å². The molecule has 2 rings (SSSR count). The van der Waals surface area contributed by atoms with Gasteiger partial charge < -0.3 is 10.5 Å². The van der Waals surface area contributed by atoms with E-state index in [-0.39, 0.29) is 0 Å². The van der Waals surface area contributed by atoms with Crippen molar-refractivity contribution in [3.63, 3.8) is 0 Å². The molecule has 0 aromatic carbocycles. The molecule has 0 radical (unpaired) electrons. The van der Waals surface area contributed by atoms with E-state index in [4.69, 9.17) is 10.5 Å². The maximum atomic E-state index is 5.75. The first kappa shape index (κ1) is 11.0. The van der Waals surface area contributed by atoms with E-state index in [1.165, 1.54) is 5.69 Å². The monoisotopic (exact) mass is 226 g/mol. The minimum absolute atomic E-state index is 0.327. The standard InChI is InChI=1S/C11H18N2OS/c1-11(2)7(4-12)10(11)8-6-15-9(13-8)5-14-3/h6-7,10H,4-5,12H2,1-3H3/t7-,10+/m1/s1. The molecule has 1 saturated carbocycles. The summed E-state index contributed by atoms with van der Waals surface area (Å²) in [6.45, 7) is 5.91. The topological polar surface area (TPSA) is 48.1 Å². The SMILES string of the molecule is COCc1nc([C@@H]2[C@@H](CN)C2(C)C)cs1. The summed E-state index contributed by atoms with van der Waals surface area (Å²) in [5.74, 6) is 1.14. The smallest absolute Gasteiger partial charge is 0.119 e. The molecule has 1 aliphatic carbocycles. The molecule has 15 heavy (non-hydrogen) atoms. The number of ether oxygens (including phenoxy) is 1. The van der Waals surface area contributed by atoms with Gasteiger partial charge in [-0.3, -0.25) is 0 Å². The van der Waals surface area contributed by atoms with Gasteiger partial charge in [0.05, 0.1) is 12.3 Å². The third-order valence-electron chi connectivity index (χ3n) is 3.46. The predicted molar refractivity (Wildman–Crippen MR) is 61.9 cm³/mol. The number of methoxy groups -OCH3 is 1. The molecular weight excluding hydrogens is 208 g/mol. The van der Waals surface area contributed by atoms with Gasteiger partial charge in [-0.1, -0.05) is 13.8 Å². The van der Waals surface area contributed by atoms with Gasteiger partial charge in [0.25, 0.3) is 0 Å². The number of hydrogen-bond acceptors (Lipinski definition) is 4. The molecule has 84 valence electrons. The van der Waals surface area contributed by atoms with Gasteiger partial charge in [0, 0.05) is 18.4 Å². The summed E-state index contributed by atoms with van der Waals surface area (Å²) in [5.41, 5.74) is 7.28. The molecule has 0 amide bonds. The molecule has 0 aliphatic heterocycles. The van der Waals surface area contributed by atoms with E-state index in [0.717, 1.165) is 11.6 Å². The van der Waals surface area contributed by atoms with E-state index < -0.39 is 0 Å². The molecule has 1 aromatic rings. The second-order valence-electron chi connectivity index (χ2n) is 4.74. The van der Waals surface area contributed by atoms with E-state index in [2.05, 4.69) is 24.2 Å². The third kappa shape index (κ3) is 1.82. The number of aromatic nitrogens is 1. The normalized spacial score (nSPS) is 28.0. The highest BCUT2D eigenvalue weighted by Gasteiger charge is 2.58. The molecule has 0 spiro atoms. The van der Waals surface area contributed by atoms with Crippen LogP contribution in [0.4, 0.5) is 0 Å². The van der Waals surface area contributed by atoms with Gasteiger partial charge in [0.1, 0.15) is 5.01 Å². The maximum Gasteiger partial charge on any atom is 0.119 e. The molecule has 1 fully saturated rings. The average Bonchev–Trinajstić information content (AvgIpc) is 2.57. The summed E-state index contributed by atoms with van der Waals surface area (Å²) in [6.07, 6.45) is 0. The lowest BCUT2D eigenvalue weighted by atomic mass is 10.1. The summed E-state index contributed by atoms with van der Waals surface area (Å²) in [7, 11) is 1.70. The van der Waals surface area contributed by atoms with Crippen LogP contribution in [-0.2, 0) is 11.3 Å². The van der Waals surface area contributed by atoms with E-state index in [9.17, 15) is 0 Å². The molecule has 2 N–H and O–H groups in total. The Hall–Kier alpha value is -0.450. The van der Waals surface area contributed by atoms with Crippen LogP contribution in [0.15, 0.2) is 5.38 Å². The zero-order valence-corrected chi connectivity index (χ0v) is 10.3. The van der Waals surface area contributed by atoms with Gasteiger partial charge in [-0.25, -0.2) is 4.98 Å². The molecule has 1 aliphatic rings. The molecule has 1 heterocycles. The Morgan fingerprint density at radius 2 is 2.33 bits per heavy atom. The van der Waals surface area contributed by atoms with Crippen LogP contribution in [0.5, 0.6) is 0 Å². The third-order valence-corrected chi connectivity index (χ3v) is 4.30. The quantitative estimate of drug-likeness (QED) is 0.854. The van der Waals surface area contributed by atoms with Crippen molar-refractivity contribution in [1.82, 2.24) is 4.98 Å². The van der Waals surface area contributed by atoms with Crippen molar-refractivity contribution in [2.24, 2.45) is 17.1 Å². The average molecular weight is 226 g/mol. The minimum atomic E-state index is 0.327. The molecule has 0 saturated heterocycles. The Bertz CT molecular complexity index is 348. The van der Waals surface area contributed by atoms with Crippen LogP contribution in [0.25, 0.3) is 0 Å². The first-order valence-corrected chi connectivity index (χ1v) is 6.12. The lowest BCUT2D eigenvalue weighted by Crippen LogP contribution is -2.05. The van der Waals surface area contributed by atoms with E-state index in [0.29, 0.717) is 23.9 Å². The van der Waals surface area contributed by atoms with Gasteiger partial charge in [0.2, 0.25) is 0 Å². The van der Waals surface area contributed by atoms with Crippen LogP contribution in [0.3, 0.4) is 0 Å². The molecular formula is C11H18N2OS. The summed E-state index contributed by atoms with van der Waals surface area (Å²) < 4.78 is 5.07. The Balaban J connectivity index is 2.11. The van der Waals surface area contributed by atoms with Crippen LogP contribution in [0, 0.1) is 11.3 Å². The number of nitrogens with zero attached hydrogens (tertiary/aromatic N) is 1. The largest absolute Gasteiger partial charge is 0.378 e. The molecule has 2 atom stereocenters. The summed E-state index contributed by atoms with van der Waals surface area (Å²) >= 11 is 1.68. The van der Waals surface area contributed by atoms with E-state index in [1.54, 1.807) is 18.4 Å². The van der Waals surface area contributed by atoms with Crippen molar-refractivity contribution in [2.75, 3.05) is 13.7 Å². The highest BCUT2D eigenvalue weighted by Crippen LogP contribution is 2.63. The first-order chi connectivity index (χ1) is 7.11. The molecule has 0 unspecified atom stereocenters. The van der Waals surface area contributed by atoms with Crippen molar-refractivity contribution < 1.29 is 4.74 Å². The highest BCUT2D eigenvalue weighted by atomic mass is 32.1. The zero-order chi connectivity index (χ0) is 11.1. The summed E-state index contributed by atoms with van der Waals surface area (Å²) in [6, 6.07) is 0. The molecule has 0 bridgehead atoms. The summed E-state index contributed by atoms with van der Waals surface area (Å²) in [4.78, 5) is 4.59. The second kappa shape index (κ2) is 3.85. The van der Waals surface area contributed by atoms with Crippen LogP contribution in [-0.4, -0.2) is 18.6 Å². The van der Waals surface area contributed by atoms with Crippen LogP contribution in [0.1, 0.15) is 30.5 Å². The first-order valence-electron chi connectivity index (χ1n) is 5.24. The molecule has 1 aromatic heterocycles. The highest BCUT2D eigenvalue weighted by molar-refractivity contribution is 7.09. The van der Waals surface area contributed by atoms with Gasteiger partial charge in [0.15, 0.2) is 0 Å². The lowest BCUT2D eigenvalue weighted by molar-refractivity contribution is 0.184. The fraction of sp³-hybridized carbons (Fsp3) is 0.727. The maximum absolute atomic E-state index is 5.75. The minimum Gasteiger partial charge on any atom is -0.378 e. The van der Waals surface area contributed by atoms with Crippen LogP contribution >= 0.6 is 11.3 Å². The van der Waals surface area contributed by atoms with Crippen LogP contribution in [0.2, 0.25) is 0 Å². The summed E-state index contributed by atoms with van der Waals surface area (Å²) in [5, 5.41) is 3.21. The zero-order valence-electron chi connectivity index (χ0n) is 9.49. The fourth-order valence-corrected chi connectivity index (χ4v) is 3.23. The second-order valence-corrected chi connectivity index (χ2v) is 5.68. The van der Waals surface area contributed by atoms with E-state index >= 15 is 0 Å². The molecule has 3 nitrogen and oxygen atoms in total. The Kier molecular flexibility index (Phi) is 2.83. The van der Waals surface area contributed by atoms with Gasteiger partial charge >= 0.3 is 0 Å². The van der Waals surface area contributed by atoms with Crippen molar-refractivity contribution >= 4 is 11.3 Å². The Morgan fingerprint density at radius 1 is 1.60 bits per heavy atom. The fourth-order valence-electron chi connectivity index (χ4n) is 2.43. The Morgan fingerprint density at radius 3 is 2.87 bits per heavy atom. The predicted octanol–water partition coefficient (Wildman–Crippen LogP) is 1.99. The molecule has 4 heteroatoms.